The lowest BCUT2D eigenvalue weighted by atomic mass is 10.3. The van der Waals surface area contributed by atoms with Gasteiger partial charge in [0.25, 0.3) is 0 Å². The predicted molar refractivity (Wildman–Crippen MR) is 60.8 cm³/mol. The molecule has 6 nitrogen and oxygen atoms in total. The van der Waals surface area contributed by atoms with Crippen LogP contribution in [0, 0.1) is 0 Å². The molecule has 1 aromatic carbocycles. The Balaban J connectivity index is 2.03. The number of carboxylic acid groups (broad SMARTS) is 1. The Morgan fingerprint density at radius 1 is 1.50 bits per heavy atom. The molecule has 1 atom stereocenters. The van der Waals surface area contributed by atoms with Gasteiger partial charge in [-0.05, 0) is 17.4 Å². The third kappa shape index (κ3) is 2.43. The van der Waals surface area contributed by atoms with Crippen molar-refractivity contribution in [3.8, 4) is 0 Å². The Morgan fingerprint density at radius 3 is 2.94 bits per heavy atom. The summed E-state index contributed by atoms with van der Waals surface area (Å²) in [6.07, 6.45) is 0. The monoisotopic (exact) mass is 238 g/mol. The van der Waals surface area contributed by atoms with Crippen LogP contribution in [0.15, 0.2) is 40.8 Å². The van der Waals surface area contributed by atoms with E-state index in [1.165, 1.54) is 11.8 Å². The fourth-order valence-corrected chi connectivity index (χ4v) is 1.98. The van der Waals surface area contributed by atoms with Crippen molar-refractivity contribution in [2.24, 2.45) is 10.4 Å². The average Bonchev–Trinajstić information content (AvgIpc) is 2.75. The first-order chi connectivity index (χ1) is 7.77. The zero-order valence-corrected chi connectivity index (χ0v) is 9.09. The van der Waals surface area contributed by atoms with Crippen LogP contribution >= 0.6 is 11.8 Å². The molecule has 0 bridgehead atoms. The number of nitrogens with one attached hydrogen (secondary N) is 1. The van der Waals surface area contributed by atoms with E-state index in [0.29, 0.717) is 0 Å². The smallest absolute Gasteiger partial charge is 0.313 e. The van der Waals surface area contributed by atoms with E-state index in [0.717, 1.165) is 5.69 Å². The summed E-state index contributed by atoms with van der Waals surface area (Å²) in [5.41, 5.74) is 3.35. The minimum atomic E-state index is -0.855. The fraction of sp³-hybridized carbons (Fsp3) is 0.222. The summed E-state index contributed by atoms with van der Waals surface area (Å²) < 4.78 is 0. The Labute approximate surface area is 96.3 Å². The summed E-state index contributed by atoms with van der Waals surface area (Å²) >= 11 is 1.22. The van der Waals surface area contributed by atoms with Gasteiger partial charge in [-0.2, -0.15) is 0 Å². The van der Waals surface area contributed by atoms with Gasteiger partial charge in [0.1, 0.15) is 0 Å². The van der Waals surface area contributed by atoms with E-state index >= 15 is 0 Å². The number of anilines is 1. The quantitative estimate of drug-likeness (QED) is 0.830. The van der Waals surface area contributed by atoms with Crippen LogP contribution in [0.2, 0.25) is 0 Å². The number of thioether (sulfide) groups is 1. The van der Waals surface area contributed by atoms with Crippen molar-refractivity contribution in [3.63, 3.8) is 0 Å². The standard InChI is InChI=1S/C9H10N4O2S/c14-8(15)6-16-9-10-11-12-13(9)7-4-2-1-3-5-7/h1-5,9H,6H2,(H,10,12)(H,14,15). The van der Waals surface area contributed by atoms with Crippen molar-refractivity contribution in [1.29, 1.82) is 0 Å². The second-order valence-corrected chi connectivity index (χ2v) is 4.12. The molecule has 16 heavy (non-hydrogen) atoms. The number of carbonyl (C=O) groups is 1. The minimum absolute atomic E-state index is 0.00599. The van der Waals surface area contributed by atoms with Crippen molar-refractivity contribution in [2.45, 2.75) is 5.50 Å². The van der Waals surface area contributed by atoms with Crippen molar-refractivity contribution in [2.75, 3.05) is 10.8 Å². The van der Waals surface area contributed by atoms with Crippen LogP contribution in [0.25, 0.3) is 0 Å². The molecule has 2 N–H and O–H groups in total. The third-order valence-corrected chi connectivity index (χ3v) is 2.95. The maximum atomic E-state index is 10.5. The lowest BCUT2D eigenvalue weighted by molar-refractivity contribution is -0.133. The molecule has 0 amide bonds. The van der Waals surface area contributed by atoms with Crippen LogP contribution < -0.4 is 10.4 Å². The summed E-state index contributed by atoms with van der Waals surface area (Å²) in [6, 6.07) is 9.47. The Hall–Kier alpha value is -1.76. The molecule has 1 aromatic rings. The number of nitrogens with zero attached hydrogens (tertiary/aromatic N) is 3. The first-order valence-corrected chi connectivity index (χ1v) is 5.66. The van der Waals surface area contributed by atoms with Gasteiger partial charge >= 0.3 is 5.97 Å². The van der Waals surface area contributed by atoms with Crippen LogP contribution in [0.3, 0.4) is 0 Å². The van der Waals surface area contributed by atoms with Gasteiger partial charge in [-0.3, -0.25) is 10.2 Å². The Kier molecular flexibility index (Phi) is 3.25. The maximum absolute atomic E-state index is 10.5. The van der Waals surface area contributed by atoms with Gasteiger partial charge in [0.05, 0.1) is 11.4 Å². The summed E-state index contributed by atoms with van der Waals surface area (Å²) in [7, 11) is 0. The summed E-state index contributed by atoms with van der Waals surface area (Å²) in [5, 5.41) is 17.8. The topological polar surface area (TPSA) is 77.3 Å². The lowest BCUT2D eigenvalue weighted by Crippen LogP contribution is -2.32. The van der Waals surface area contributed by atoms with Gasteiger partial charge in [-0.25, -0.2) is 5.01 Å². The van der Waals surface area contributed by atoms with Crippen molar-refractivity contribution in [3.05, 3.63) is 30.3 Å². The number of carboxylic acids is 1. The van der Waals surface area contributed by atoms with E-state index in [1.807, 2.05) is 30.3 Å². The fourth-order valence-electron chi connectivity index (χ4n) is 1.25. The summed E-state index contributed by atoms with van der Waals surface area (Å²) in [4.78, 5) is 10.5. The molecule has 1 heterocycles. The summed E-state index contributed by atoms with van der Waals surface area (Å²) in [6.45, 7) is 0. The number of hydrogen-bond donors (Lipinski definition) is 2. The summed E-state index contributed by atoms with van der Waals surface area (Å²) in [5.74, 6) is -0.849. The first-order valence-electron chi connectivity index (χ1n) is 4.61. The highest BCUT2D eigenvalue weighted by atomic mass is 32.2. The molecule has 2 rings (SSSR count). The molecule has 7 heteroatoms. The van der Waals surface area contributed by atoms with Crippen LogP contribution in [-0.2, 0) is 4.79 Å². The second kappa shape index (κ2) is 4.84. The van der Waals surface area contributed by atoms with E-state index in [-0.39, 0.29) is 11.3 Å². The number of aliphatic carboxylic acids is 1. The number of hydrogen-bond acceptors (Lipinski definition) is 6. The highest BCUT2D eigenvalue weighted by Crippen LogP contribution is 2.25. The van der Waals surface area contributed by atoms with Crippen molar-refractivity contribution < 1.29 is 9.90 Å². The van der Waals surface area contributed by atoms with Gasteiger partial charge in [-0.1, -0.05) is 23.4 Å². The van der Waals surface area contributed by atoms with E-state index in [1.54, 1.807) is 5.01 Å². The molecule has 1 aliphatic rings. The molecule has 1 unspecified atom stereocenters. The molecule has 84 valence electrons. The molecule has 0 fully saturated rings. The number of rotatable bonds is 4. The molecule has 0 aromatic heterocycles. The molecule has 1 aliphatic heterocycles. The lowest BCUT2D eigenvalue weighted by Gasteiger charge is -2.19. The molecular formula is C9H10N4O2S. The van der Waals surface area contributed by atoms with E-state index in [9.17, 15) is 4.79 Å². The highest BCUT2D eigenvalue weighted by Gasteiger charge is 2.24. The normalized spacial score (nSPS) is 18.5. The van der Waals surface area contributed by atoms with E-state index in [2.05, 4.69) is 15.9 Å². The van der Waals surface area contributed by atoms with E-state index < -0.39 is 5.97 Å². The van der Waals surface area contributed by atoms with Gasteiger partial charge in [0.15, 0.2) is 5.50 Å². The minimum Gasteiger partial charge on any atom is -0.481 e. The Bertz CT molecular complexity index is 398. The van der Waals surface area contributed by atoms with Crippen LogP contribution in [0.4, 0.5) is 5.69 Å². The van der Waals surface area contributed by atoms with Crippen molar-refractivity contribution >= 4 is 23.4 Å². The average molecular weight is 238 g/mol. The largest absolute Gasteiger partial charge is 0.481 e. The number of para-hydroxylation sites is 1. The zero-order chi connectivity index (χ0) is 11.4. The van der Waals surface area contributed by atoms with Crippen molar-refractivity contribution in [1.82, 2.24) is 5.43 Å². The first kappa shape index (κ1) is 10.7. The van der Waals surface area contributed by atoms with Crippen LogP contribution in [-0.4, -0.2) is 22.3 Å². The van der Waals surface area contributed by atoms with Gasteiger partial charge in [-0.15, -0.1) is 11.8 Å². The Morgan fingerprint density at radius 2 is 2.25 bits per heavy atom. The molecule has 0 radical (unpaired) electrons. The molecule has 0 aliphatic carbocycles. The second-order valence-electron chi connectivity index (χ2n) is 3.06. The third-order valence-electron chi connectivity index (χ3n) is 1.92. The predicted octanol–water partition coefficient (Wildman–Crippen LogP) is 1.48. The SMILES string of the molecule is O=C(O)CSC1NN=NN1c1ccccc1. The van der Waals surface area contributed by atoms with Gasteiger partial charge in [0.2, 0.25) is 0 Å². The van der Waals surface area contributed by atoms with Crippen LogP contribution in [0.1, 0.15) is 0 Å². The van der Waals surface area contributed by atoms with E-state index in [4.69, 9.17) is 5.11 Å². The van der Waals surface area contributed by atoms with Gasteiger partial charge in [0, 0.05) is 0 Å². The number of benzene rings is 1. The highest BCUT2D eigenvalue weighted by molar-refractivity contribution is 8.00. The maximum Gasteiger partial charge on any atom is 0.313 e. The molecule has 0 saturated carbocycles. The zero-order valence-electron chi connectivity index (χ0n) is 8.28. The van der Waals surface area contributed by atoms with Gasteiger partial charge < -0.3 is 5.11 Å². The molecular weight excluding hydrogens is 228 g/mol. The molecule has 0 spiro atoms. The van der Waals surface area contributed by atoms with Crippen LogP contribution in [0.5, 0.6) is 0 Å². The molecule has 0 saturated heterocycles.